The molecule has 2 aromatic carbocycles. The zero-order chi connectivity index (χ0) is 18.4. The number of benzene rings is 2. The van der Waals surface area contributed by atoms with Gasteiger partial charge in [0.2, 0.25) is 0 Å². The van der Waals surface area contributed by atoms with Crippen molar-refractivity contribution < 1.29 is 14.3 Å². The first-order chi connectivity index (χ1) is 12.7. The van der Waals surface area contributed by atoms with Gasteiger partial charge in [0.05, 0.1) is 7.11 Å². The molecule has 1 aliphatic heterocycles. The summed E-state index contributed by atoms with van der Waals surface area (Å²) < 4.78 is 5.20. The number of amides is 2. The first-order valence-electron chi connectivity index (χ1n) is 8.98. The van der Waals surface area contributed by atoms with E-state index in [1.54, 1.807) is 31.4 Å². The van der Waals surface area contributed by atoms with Crippen molar-refractivity contribution >= 4 is 11.8 Å². The molecule has 5 nitrogen and oxygen atoms in total. The number of hydrogen-bond donors (Lipinski definition) is 1. The number of carbonyl (C=O) groups excluding carboxylic acids is 2. The van der Waals surface area contributed by atoms with Crippen LogP contribution in [0.1, 0.15) is 39.1 Å². The van der Waals surface area contributed by atoms with Gasteiger partial charge in [0.1, 0.15) is 5.75 Å². The van der Waals surface area contributed by atoms with Gasteiger partial charge in [-0.2, -0.15) is 0 Å². The maximum Gasteiger partial charge on any atom is 0.253 e. The molecule has 3 rings (SSSR count). The number of carbonyl (C=O) groups is 2. The number of nitrogens with zero attached hydrogens (tertiary/aromatic N) is 1. The van der Waals surface area contributed by atoms with Gasteiger partial charge in [0.15, 0.2) is 0 Å². The van der Waals surface area contributed by atoms with Crippen molar-refractivity contribution in [2.24, 2.45) is 0 Å². The molecule has 136 valence electrons. The molecule has 0 radical (unpaired) electrons. The molecule has 2 amide bonds. The smallest absolute Gasteiger partial charge is 0.253 e. The van der Waals surface area contributed by atoms with Gasteiger partial charge >= 0.3 is 0 Å². The molecule has 0 bridgehead atoms. The maximum atomic E-state index is 12.3. The monoisotopic (exact) mass is 352 g/mol. The lowest BCUT2D eigenvalue weighted by Crippen LogP contribution is -2.28. The molecule has 1 heterocycles. The number of rotatable bonds is 6. The highest BCUT2D eigenvalue weighted by molar-refractivity contribution is 5.97. The minimum atomic E-state index is -0.131. The molecular formula is C21H24N2O3. The minimum Gasteiger partial charge on any atom is -0.497 e. The van der Waals surface area contributed by atoms with Crippen LogP contribution >= 0.6 is 0 Å². The van der Waals surface area contributed by atoms with Crippen molar-refractivity contribution in [2.45, 2.75) is 19.3 Å². The van der Waals surface area contributed by atoms with Gasteiger partial charge in [0.25, 0.3) is 11.8 Å². The van der Waals surface area contributed by atoms with E-state index in [0.29, 0.717) is 17.7 Å². The molecule has 0 aromatic heterocycles. The van der Waals surface area contributed by atoms with Crippen LogP contribution in [0.4, 0.5) is 0 Å². The summed E-state index contributed by atoms with van der Waals surface area (Å²) in [5.41, 5.74) is 2.31. The Morgan fingerprint density at radius 3 is 2.42 bits per heavy atom. The second kappa shape index (κ2) is 8.52. The Morgan fingerprint density at radius 1 is 1.04 bits per heavy atom. The Kier molecular flexibility index (Phi) is 5.89. The third-order valence-electron chi connectivity index (χ3n) is 4.62. The second-order valence-electron chi connectivity index (χ2n) is 6.43. The van der Waals surface area contributed by atoms with Crippen LogP contribution in [0.5, 0.6) is 5.75 Å². The molecule has 2 aromatic rings. The van der Waals surface area contributed by atoms with Crippen molar-refractivity contribution in [3.63, 3.8) is 0 Å². The summed E-state index contributed by atoms with van der Waals surface area (Å²) in [4.78, 5) is 26.5. The molecule has 26 heavy (non-hydrogen) atoms. The van der Waals surface area contributed by atoms with Crippen molar-refractivity contribution in [2.75, 3.05) is 26.7 Å². The first kappa shape index (κ1) is 18.0. The predicted molar refractivity (Wildman–Crippen MR) is 101 cm³/mol. The highest BCUT2D eigenvalue weighted by atomic mass is 16.5. The number of ether oxygens (including phenoxy) is 1. The van der Waals surface area contributed by atoms with Crippen LogP contribution in [0.3, 0.4) is 0 Å². The molecule has 0 saturated carbocycles. The van der Waals surface area contributed by atoms with E-state index in [1.807, 2.05) is 29.2 Å². The predicted octanol–water partition coefficient (Wildman–Crippen LogP) is 2.90. The standard InChI is InChI=1S/C21H24N2O3/c1-26-19-6-4-5-16(15-19)11-12-22-20(24)17-7-9-18(10-8-17)21(25)23-13-2-3-14-23/h4-10,15H,2-3,11-14H2,1H3,(H,22,24). The average molecular weight is 352 g/mol. The van der Waals surface area contributed by atoms with E-state index in [1.165, 1.54) is 0 Å². The van der Waals surface area contributed by atoms with Gasteiger partial charge < -0.3 is 15.0 Å². The van der Waals surface area contributed by atoms with Crippen LogP contribution in [-0.4, -0.2) is 43.5 Å². The summed E-state index contributed by atoms with van der Waals surface area (Å²) in [6.45, 7) is 2.19. The molecule has 5 heteroatoms. The Labute approximate surface area is 154 Å². The number of likely N-dealkylation sites (tertiary alicyclic amines) is 1. The lowest BCUT2D eigenvalue weighted by molar-refractivity contribution is 0.0792. The molecule has 1 aliphatic rings. The third kappa shape index (κ3) is 4.42. The van der Waals surface area contributed by atoms with Crippen LogP contribution in [0.25, 0.3) is 0 Å². The summed E-state index contributed by atoms with van der Waals surface area (Å²) in [7, 11) is 1.64. The highest BCUT2D eigenvalue weighted by Gasteiger charge is 2.19. The molecule has 1 N–H and O–H groups in total. The van der Waals surface area contributed by atoms with Gasteiger partial charge in [0, 0.05) is 30.8 Å². The summed E-state index contributed by atoms with van der Waals surface area (Å²) >= 11 is 0. The van der Waals surface area contributed by atoms with E-state index in [2.05, 4.69) is 5.32 Å². The van der Waals surface area contributed by atoms with Gasteiger partial charge in [-0.3, -0.25) is 9.59 Å². The van der Waals surface area contributed by atoms with Crippen LogP contribution in [0, 0.1) is 0 Å². The van der Waals surface area contributed by atoms with E-state index < -0.39 is 0 Å². The fourth-order valence-electron chi connectivity index (χ4n) is 3.12. The van der Waals surface area contributed by atoms with Gasteiger partial charge in [-0.05, 0) is 61.2 Å². The molecule has 0 aliphatic carbocycles. The molecular weight excluding hydrogens is 328 g/mol. The summed E-state index contributed by atoms with van der Waals surface area (Å²) in [6, 6.07) is 14.7. The van der Waals surface area contributed by atoms with Gasteiger partial charge in [-0.1, -0.05) is 12.1 Å². The van der Waals surface area contributed by atoms with Crippen LogP contribution in [-0.2, 0) is 6.42 Å². The summed E-state index contributed by atoms with van der Waals surface area (Å²) in [5.74, 6) is 0.729. The SMILES string of the molecule is COc1cccc(CCNC(=O)c2ccc(C(=O)N3CCCC3)cc2)c1. The normalized spacial score (nSPS) is 13.5. The Bertz CT molecular complexity index is 765. The lowest BCUT2D eigenvalue weighted by Gasteiger charge is -2.15. The van der Waals surface area contributed by atoms with Crippen LogP contribution in [0.2, 0.25) is 0 Å². The third-order valence-corrected chi connectivity index (χ3v) is 4.62. The van der Waals surface area contributed by atoms with Crippen molar-refractivity contribution in [1.29, 1.82) is 0 Å². The van der Waals surface area contributed by atoms with Gasteiger partial charge in [-0.25, -0.2) is 0 Å². The first-order valence-corrected chi connectivity index (χ1v) is 8.98. The zero-order valence-electron chi connectivity index (χ0n) is 15.0. The highest BCUT2D eigenvalue weighted by Crippen LogP contribution is 2.14. The minimum absolute atomic E-state index is 0.0486. The van der Waals surface area contributed by atoms with Crippen molar-refractivity contribution in [3.05, 3.63) is 65.2 Å². The second-order valence-corrected chi connectivity index (χ2v) is 6.43. The van der Waals surface area contributed by atoms with E-state index in [-0.39, 0.29) is 11.8 Å². The Balaban J connectivity index is 1.52. The van der Waals surface area contributed by atoms with E-state index in [9.17, 15) is 9.59 Å². The molecule has 1 fully saturated rings. The quantitative estimate of drug-likeness (QED) is 0.870. The molecule has 1 saturated heterocycles. The van der Waals surface area contributed by atoms with Crippen molar-refractivity contribution in [1.82, 2.24) is 10.2 Å². The number of nitrogens with one attached hydrogen (secondary N) is 1. The lowest BCUT2D eigenvalue weighted by atomic mass is 10.1. The topological polar surface area (TPSA) is 58.6 Å². The summed E-state index contributed by atoms with van der Waals surface area (Å²) in [6.07, 6.45) is 2.87. The van der Waals surface area contributed by atoms with E-state index in [4.69, 9.17) is 4.74 Å². The average Bonchev–Trinajstić information content (AvgIpc) is 3.22. The zero-order valence-corrected chi connectivity index (χ0v) is 15.0. The van der Waals surface area contributed by atoms with Crippen LogP contribution in [0.15, 0.2) is 48.5 Å². The van der Waals surface area contributed by atoms with Crippen LogP contribution < -0.4 is 10.1 Å². The molecule has 0 atom stereocenters. The van der Waals surface area contributed by atoms with Crippen molar-refractivity contribution in [3.8, 4) is 5.75 Å². The fraction of sp³-hybridized carbons (Fsp3) is 0.333. The Hall–Kier alpha value is -2.82. The molecule has 0 spiro atoms. The maximum absolute atomic E-state index is 12.3. The summed E-state index contributed by atoms with van der Waals surface area (Å²) in [5, 5.41) is 2.91. The number of methoxy groups -OCH3 is 1. The fourth-order valence-corrected chi connectivity index (χ4v) is 3.12. The van der Waals surface area contributed by atoms with E-state index in [0.717, 1.165) is 43.7 Å². The van der Waals surface area contributed by atoms with Gasteiger partial charge in [-0.15, -0.1) is 0 Å². The largest absolute Gasteiger partial charge is 0.497 e. The van der Waals surface area contributed by atoms with E-state index >= 15 is 0 Å². The number of hydrogen-bond acceptors (Lipinski definition) is 3. The Morgan fingerprint density at radius 2 is 1.73 bits per heavy atom. The molecule has 0 unspecified atom stereocenters.